The summed E-state index contributed by atoms with van der Waals surface area (Å²) < 4.78 is 27.8. The molecule has 8 nitrogen and oxygen atoms in total. The molecule has 0 bridgehead atoms. The molecule has 3 rings (SSSR count). The van der Waals surface area contributed by atoms with Crippen molar-refractivity contribution >= 4 is 44.8 Å². The maximum Gasteiger partial charge on any atom is 0.263 e. The summed E-state index contributed by atoms with van der Waals surface area (Å²) in [5.74, 6) is -0.909. The van der Waals surface area contributed by atoms with Gasteiger partial charge in [0, 0.05) is 31.6 Å². The lowest BCUT2D eigenvalue weighted by molar-refractivity contribution is -0.138. The fraction of sp³-hybridized carbons (Fsp3) is 0.316. The quantitative estimate of drug-likeness (QED) is 0.487. The minimum atomic E-state index is -3.91. The van der Waals surface area contributed by atoms with Crippen LogP contribution in [0, 0.1) is 6.92 Å². The van der Waals surface area contributed by atoms with Gasteiger partial charge < -0.3 is 5.32 Å². The van der Waals surface area contributed by atoms with E-state index < -0.39 is 15.9 Å². The van der Waals surface area contributed by atoms with E-state index in [0.717, 1.165) is 16.9 Å². The fourth-order valence-electron chi connectivity index (χ4n) is 2.90. The number of carbonyl (C=O) groups excluding carboxylic acids is 3. The summed E-state index contributed by atoms with van der Waals surface area (Å²) in [7, 11) is -3.91. The third-order valence-corrected chi connectivity index (χ3v) is 6.89. The Bertz CT molecular complexity index is 1010. The van der Waals surface area contributed by atoms with Crippen LogP contribution in [0.3, 0.4) is 0 Å². The molecular formula is C19H21N3O5S2. The SMILES string of the molecule is Cc1ccc(NS(=O)(=O)c2ccsc2C(=O)NCCCN2C(=O)CCC2=O)cc1. The van der Waals surface area contributed by atoms with Crippen LogP contribution in [-0.2, 0) is 19.6 Å². The number of hydrogen-bond acceptors (Lipinski definition) is 6. The lowest BCUT2D eigenvalue weighted by atomic mass is 10.2. The van der Waals surface area contributed by atoms with Crippen molar-refractivity contribution in [3.63, 3.8) is 0 Å². The van der Waals surface area contributed by atoms with E-state index in [9.17, 15) is 22.8 Å². The van der Waals surface area contributed by atoms with E-state index in [2.05, 4.69) is 10.0 Å². The first-order chi connectivity index (χ1) is 13.8. The number of carbonyl (C=O) groups is 3. The number of sulfonamides is 1. The molecule has 0 aliphatic carbocycles. The summed E-state index contributed by atoms with van der Waals surface area (Å²) in [6, 6.07) is 8.27. The van der Waals surface area contributed by atoms with Crippen molar-refractivity contribution < 1.29 is 22.8 Å². The number of rotatable bonds is 8. The highest BCUT2D eigenvalue weighted by Gasteiger charge is 2.28. The zero-order chi connectivity index (χ0) is 21.0. The second kappa shape index (κ2) is 8.75. The van der Waals surface area contributed by atoms with Crippen molar-refractivity contribution in [3.05, 3.63) is 46.2 Å². The van der Waals surface area contributed by atoms with Gasteiger partial charge in [-0.2, -0.15) is 0 Å². The van der Waals surface area contributed by atoms with Crippen molar-refractivity contribution in [2.24, 2.45) is 0 Å². The van der Waals surface area contributed by atoms with Crippen molar-refractivity contribution in [1.82, 2.24) is 10.2 Å². The van der Waals surface area contributed by atoms with E-state index in [1.807, 2.05) is 6.92 Å². The second-order valence-corrected chi connectivity index (χ2v) is 9.20. The number of aryl methyl sites for hydroxylation is 1. The van der Waals surface area contributed by atoms with Gasteiger partial charge in [0.1, 0.15) is 9.77 Å². The predicted molar refractivity (Wildman–Crippen MR) is 109 cm³/mol. The molecule has 1 saturated heterocycles. The zero-order valence-corrected chi connectivity index (χ0v) is 17.4. The maximum atomic E-state index is 12.7. The summed E-state index contributed by atoms with van der Waals surface area (Å²) in [4.78, 5) is 36.8. The standard InChI is InChI=1S/C19H21N3O5S2/c1-13-3-5-14(6-4-13)21-29(26,27)15-9-12-28-18(15)19(25)20-10-2-11-22-16(23)7-8-17(22)24/h3-6,9,12,21H,2,7-8,10-11H2,1H3,(H,20,25). The largest absolute Gasteiger partial charge is 0.351 e. The molecule has 0 unspecified atom stereocenters. The number of likely N-dealkylation sites (tertiary alicyclic amines) is 1. The first-order valence-corrected chi connectivity index (χ1v) is 11.4. The molecule has 3 amide bonds. The Morgan fingerprint density at radius 3 is 2.41 bits per heavy atom. The minimum Gasteiger partial charge on any atom is -0.351 e. The Balaban J connectivity index is 1.59. The number of anilines is 1. The van der Waals surface area contributed by atoms with Crippen molar-refractivity contribution in [2.75, 3.05) is 17.8 Å². The van der Waals surface area contributed by atoms with Crippen LogP contribution in [0.25, 0.3) is 0 Å². The lowest BCUT2D eigenvalue weighted by Gasteiger charge is -2.13. The molecular weight excluding hydrogens is 414 g/mol. The molecule has 2 heterocycles. The molecule has 1 aromatic heterocycles. The van der Waals surface area contributed by atoms with Crippen LogP contribution < -0.4 is 10.0 Å². The Hall–Kier alpha value is -2.72. The summed E-state index contributed by atoms with van der Waals surface area (Å²) in [5.41, 5.74) is 1.41. The maximum absolute atomic E-state index is 12.7. The number of hydrogen-bond donors (Lipinski definition) is 2. The third kappa shape index (κ3) is 5.01. The zero-order valence-electron chi connectivity index (χ0n) is 15.8. The molecule has 10 heteroatoms. The van der Waals surface area contributed by atoms with Gasteiger partial charge in [-0.1, -0.05) is 17.7 Å². The second-order valence-electron chi connectivity index (χ2n) is 6.63. The molecule has 1 aliphatic heterocycles. The number of nitrogens with one attached hydrogen (secondary N) is 2. The summed E-state index contributed by atoms with van der Waals surface area (Å²) in [5, 5.41) is 4.19. The molecule has 1 fully saturated rings. The fourth-order valence-corrected chi connectivity index (χ4v) is 5.30. The third-order valence-electron chi connectivity index (χ3n) is 4.43. The van der Waals surface area contributed by atoms with E-state index in [0.29, 0.717) is 12.1 Å². The van der Waals surface area contributed by atoms with Gasteiger partial charge in [-0.15, -0.1) is 11.3 Å². The van der Waals surface area contributed by atoms with Crippen LogP contribution in [-0.4, -0.2) is 44.1 Å². The van der Waals surface area contributed by atoms with Gasteiger partial charge in [0.15, 0.2) is 0 Å². The van der Waals surface area contributed by atoms with E-state index in [1.54, 1.807) is 29.6 Å². The number of thiophene rings is 1. The Kier molecular flexibility index (Phi) is 6.33. The highest BCUT2D eigenvalue weighted by atomic mass is 32.2. The summed E-state index contributed by atoms with van der Waals surface area (Å²) in [6.45, 7) is 2.36. The number of nitrogens with zero attached hydrogens (tertiary/aromatic N) is 1. The van der Waals surface area contributed by atoms with Crippen LogP contribution in [0.4, 0.5) is 5.69 Å². The summed E-state index contributed by atoms with van der Waals surface area (Å²) in [6.07, 6.45) is 0.865. The molecule has 0 saturated carbocycles. The van der Waals surface area contributed by atoms with Gasteiger partial charge in [-0.25, -0.2) is 8.42 Å². The molecule has 29 heavy (non-hydrogen) atoms. The van der Waals surface area contributed by atoms with Gasteiger partial charge >= 0.3 is 0 Å². The molecule has 2 aromatic rings. The van der Waals surface area contributed by atoms with Gasteiger partial charge in [0.2, 0.25) is 11.8 Å². The van der Waals surface area contributed by atoms with Crippen molar-refractivity contribution in [3.8, 4) is 0 Å². The van der Waals surface area contributed by atoms with Gasteiger partial charge in [-0.3, -0.25) is 24.0 Å². The average molecular weight is 436 g/mol. The Morgan fingerprint density at radius 2 is 1.76 bits per heavy atom. The predicted octanol–water partition coefficient (Wildman–Crippen LogP) is 2.13. The average Bonchev–Trinajstić information content (AvgIpc) is 3.29. The topological polar surface area (TPSA) is 113 Å². The molecule has 154 valence electrons. The van der Waals surface area contributed by atoms with E-state index in [1.165, 1.54) is 11.0 Å². The van der Waals surface area contributed by atoms with Crippen LogP contribution in [0.15, 0.2) is 40.6 Å². The highest BCUT2D eigenvalue weighted by Crippen LogP contribution is 2.24. The van der Waals surface area contributed by atoms with Crippen molar-refractivity contribution in [2.45, 2.75) is 31.1 Å². The molecule has 1 aliphatic rings. The van der Waals surface area contributed by atoms with Gasteiger partial charge in [0.25, 0.3) is 15.9 Å². The van der Waals surface area contributed by atoms with Crippen LogP contribution >= 0.6 is 11.3 Å². The van der Waals surface area contributed by atoms with Crippen LogP contribution in [0.5, 0.6) is 0 Å². The Labute approximate surface area is 173 Å². The first kappa shape index (κ1) is 21.0. The van der Waals surface area contributed by atoms with Gasteiger partial charge in [0.05, 0.1) is 0 Å². The number of benzene rings is 1. The molecule has 1 aromatic carbocycles. The van der Waals surface area contributed by atoms with Gasteiger partial charge in [-0.05, 0) is 36.9 Å². The molecule has 0 spiro atoms. The normalized spacial score (nSPS) is 14.3. The molecule has 0 atom stereocenters. The van der Waals surface area contributed by atoms with E-state index in [-0.39, 0.29) is 47.5 Å². The van der Waals surface area contributed by atoms with E-state index in [4.69, 9.17) is 0 Å². The van der Waals surface area contributed by atoms with Crippen LogP contribution in [0.2, 0.25) is 0 Å². The Morgan fingerprint density at radius 1 is 1.10 bits per heavy atom. The number of amides is 3. The minimum absolute atomic E-state index is 0.0814. The smallest absolute Gasteiger partial charge is 0.263 e. The van der Waals surface area contributed by atoms with Crippen LogP contribution in [0.1, 0.15) is 34.5 Å². The van der Waals surface area contributed by atoms with E-state index >= 15 is 0 Å². The highest BCUT2D eigenvalue weighted by molar-refractivity contribution is 7.93. The monoisotopic (exact) mass is 435 g/mol. The van der Waals surface area contributed by atoms with Crippen molar-refractivity contribution in [1.29, 1.82) is 0 Å². The first-order valence-electron chi connectivity index (χ1n) is 9.06. The summed E-state index contributed by atoms with van der Waals surface area (Å²) >= 11 is 1.03. The lowest BCUT2D eigenvalue weighted by Crippen LogP contribution is -2.33. The molecule has 0 radical (unpaired) electrons. The number of imide groups is 1. The molecule has 2 N–H and O–H groups in total.